The van der Waals surface area contributed by atoms with Crippen LogP contribution < -0.4 is 5.32 Å². The minimum Gasteiger partial charge on any atom is -0.383 e. The lowest BCUT2D eigenvalue weighted by atomic mass is 10.1. The number of rotatable bonds is 5. The number of carbonyl (C=O) groups is 1. The van der Waals surface area contributed by atoms with Gasteiger partial charge in [-0.05, 0) is 19.3 Å². The molecule has 7 heteroatoms. The molecule has 0 saturated carbocycles. The predicted molar refractivity (Wildman–Crippen MR) is 69.3 cm³/mol. The van der Waals surface area contributed by atoms with Crippen molar-refractivity contribution in [2.45, 2.75) is 19.4 Å². The molecule has 2 atom stereocenters. The van der Waals surface area contributed by atoms with Gasteiger partial charge in [-0.15, -0.1) is 0 Å². The van der Waals surface area contributed by atoms with Crippen molar-refractivity contribution in [2.24, 2.45) is 5.92 Å². The largest absolute Gasteiger partial charge is 0.383 e. The highest BCUT2D eigenvalue weighted by Crippen LogP contribution is 2.17. The summed E-state index contributed by atoms with van der Waals surface area (Å²) in [6.07, 6.45) is 0.639. The van der Waals surface area contributed by atoms with Crippen molar-refractivity contribution in [3.63, 3.8) is 0 Å². The van der Waals surface area contributed by atoms with Gasteiger partial charge in [0, 0.05) is 20.7 Å². The van der Waals surface area contributed by atoms with E-state index in [1.165, 1.54) is 0 Å². The van der Waals surface area contributed by atoms with E-state index in [1.54, 1.807) is 19.1 Å². The molecule has 2 amide bonds. The Bertz CT molecular complexity index is 383. The predicted octanol–water partition coefficient (Wildman–Crippen LogP) is 0.0974. The summed E-state index contributed by atoms with van der Waals surface area (Å²) in [5.74, 6) is 0.471. The zero-order valence-electron chi connectivity index (χ0n) is 11.2. The summed E-state index contributed by atoms with van der Waals surface area (Å²) >= 11 is 0. The van der Waals surface area contributed by atoms with Crippen LogP contribution in [0, 0.1) is 5.92 Å². The number of hydrogen-bond acceptors (Lipinski definition) is 4. The highest BCUT2D eigenvalue weighted by atomic mass is 32.2. The molecule has 0 unspecified atom stereocenters. The molecule has 1 N–H and O–H groups in total. The van der Waals surface area contributed by atoms with Gasteiger partial charge in [0.2, 0.25) is 0 Å². The zero-order chi connectivity index (χ0) is 13.8. The van der Waals surface area contributed by atoms with Crippen molar-refractivity contribution < 1.29 is 17.9 Å². The summed E-state index contributed by atoms with van der Waals surface area (Å²) in [5, 5.41) is 2.77. The van der Waals surface area contributed by atoms with Crippen molar-refractivity contribution in [2.75, 3.05) is 38.8 Å². The number of carbonyl (C=O) groups excluding carboxylic acids is 1. The van der Waals surface area contributed by atoms with E-state index in [4.69, 9.17) is 4.74 Å². The van der Waals surface area contributed by atoms with Crippen molar-refractivity contribution in [1.29, 1.82) is 0 Å². The van der Waals surface area contributed by atoms with Gasteiger partial charge in [-0.3, -0.25) is 0 Å². The number of ether oxygens (including phenoxy) is 1. The van der Waals surface area contributed by atoms with Gasteiger partial charge in [-0.1, -0.05) is 0 Å². The number of amides is 2. The van der Waals surface area contributed by atoms with Crippen LogP contribution >= 0.6 is 0 Å². The Hall–Kier alpha value is -0.820. The fraction of sp³-hybridized carbons (Fsp3) is 0.909. The van der Waals surface area contributed by atoms with Gasteiger partial charge < -0.3 is 15.0 Å². The molecule has 1 aliphatic rings. The first-order valence-electron chi connectivity index (χ1n) is 6.05. The minimum absolute atomic E-state index is 0.0117. The van der Waals surface area contributed by atoms with Crippen molar-refractivity contribution in [3.05, 3.63) is 0 Å². The monoisotopic (exact) mass is 278 g/mol. The Morgan fingerprint density at radius 1 is 1.56 bits per heavy atom. The fourth-order valence-corrected chi connectivity index (χ4v) is 3.80. The molecule has 1 aliphatic heterocycles. The second-order valence-corrected chi connectivity index (χ2v) is 7.10. The van der Waals surface area contributed by atoms with Crippen LogP contribution in [0.1, 0.15) is 13.3 Å². The van der Waals surface area contributed by atoms with E-state index < -0.39 is 9.84 Å². The molecule has 0 aromatic rings. The van der Waals surface area contributed by atoms with E-state index in [2.05, 4.69) is 5.32 Å². The second kappa shape index (κ2) is 6.38. The van der Waals surface area contributed by atoms with E-state index in [-0.39, 0.29) is 29.5 Å². The van der Waals surface area contributed by atoms with Gasteiger partial charge in [-0.25, -0.2) is 13.2 Å². The third-order valence-corrected chi connectivity index (χ3v) is 5.10. The van der Waals surface area contributed by atoms with E-state index >= 15 is 0 Å². The normalized spacial score (nSPS) is 23.6. The molecule has 6 nitrogen and oxygen atoms in total. The zero-order valence-corrected chi connectivity index (χ0v) is 12.0. The number of sulfone groups is 1. The molecule has 1 saturated heterocycles. The first-order chi connectivity index (χ1) is 8.35. The number of urea groups is 1. The van der Waals surface area contributed by atoms with Gasteiger partial charge in [0.25, 0.3) is 0 Å². The van der Waals surface area contributed by atoms with Crippen LogP contribution in [0.15, 0.2) is 0 Å². The minimum atomic E-state index is -2.87. The molecule has 0 aliphatic carbocycles. The lowest BCUT2D eigenvalue weighted by Crippen LogP contribution is -2.45. The van der Waals surface area contributed by atoms with Gasteiger partial charge >= 0.3 is 6.03 Å². The molecule has 1 rings (SSSR count). The van der Waals surface area contributed by atoms with Crippen LogP contribution in [0.25, 0.3) is 0 Å². The average Bonchev–Trinajstić information content (AvgIpc) is 2.65. The van der Waals surface area contributed by atoms with Gasteiger partial charge in [0.05, 0.1) is 24.2 Å². The summed E-state index contributed by atoms with van der Waals surface area (Å²) < 4.78 is 27.5. The van der Waals surface area contributed by atoms with Crippen LogP contribution in [0.3, 0.4) is 0 Å². The van der Waals surface area contributed by atoms with Crippen LogP contribution in [0.2, 0.25) is 0 Å². The number of hydrogen-bond donors (Lipinski definition) is 1. The molecule has 106 valence electrons. The molecule has 18 heavy (non-hydrogen) atoms. The van der Waals surface area contributed by atoms with Crippen molar-refractivity contribution in [3.8, 4) is 0 Å². The van der Waals surface area contributed by atoms with Crippen molar-refractivity contribution in [1.82, 2.24) is 10.2 Å². The average molecular weight is 278 g/mol. The maximum Gasteiger partial charge on any atom is 0.317 e. The Kier molecular flexibility index (Phi) is 5.40. The van der Waals surface area contributed by atoms with Crippen LogP contribution in [0.4, 0.5) is 4.79 Å². The number of methoxy groups -OCH3 is 1. The van der Waals surface area contributed by atoms with E-state index in [9.17, 15) is 13.2 Å². The molecule has 0 spiro atoms. The molecular formula is C11H22N2O4S. The standard InChI is InChI=1S/C11H22N2O4S/c1-9(7-17-3)13(2)11(14)12-6-10-4-5-18(15,16)8-10/h9-10H,4-8H2,1-3H3,(H,12,14)/t9-,10+/m0/s1. The summed E-state index contributed by atoms with van der Waals surface area (Å²) in [6, 6.07) is -0.203. The summed E-state index contributed by atoms with van der Waals surface area (Å²) in [7, 11) is 0.414. The fourth-order valence-electron chi connectivity index (χ4n) is 1.94. The Morgan fingerprint density at radius 2 is 2.22 bits per heavy atom. The summed E-state index contributed by atoms with van der Waals surface area (Å²) in [5.41, 5.74) is 0. The first-order valence-corrected chi connectivity index (χ1v) is 7.88. The molecule has 0 aromatic carbocycles. The third-order valence-electron chi connectivity index (χ3n) is 3.26. The highest BCUT2D eigenvalue weighted by molar-refractivity contribution is 7.91. The highest BCUT2D eigenvalue weighted by Gasteiger charge is 2.28. The smallest absolute Gasteiger partial charge is 0.317 e. The van der Waals surface area contributed by atoms with Crippen molar-refractivity contribution >= 4 is 15.9 Å². The van der Waals surface area contributed by atoms with Gasteiger partial charge in [-0.2, -0.15) is 0 Å². The number of likely N-dealkylation sites (N-methyl/N-ethyl adjacent to an activating group) is 1. The SMILES string of the molecule is COC[C@H](C)N(C)C(=O)NC[C@H]1CCS(=O)(=O)C1. The topological polar surface area (TPSA) is 75.7 Å². The molecular weight excluding hydrogens is 256 g/mol. The Morgan fingerprint density at radius 3 is 2.72 bits per heavy atom. The maximum absolute atomic E-state index is 11.8. The Balaban J connectivity index is 2.33. The first kappa shape index (κ1) is 15.2. The van der Waals surface area contributed by atoms with Crippen LogP contribution in [-0.2, 0) is 14.6 Å². The lowest BCUT2D eigenvalue weighted by molar-refractivity contribution is 0.123. The molecule has 1 fully saturated rings. The van der Waals surface area contributed by atoms with Gasteiger partial charge in [0.15, 0.2) is 9.84 Å². The Labute approximate surface area is 109 Å². The quantitative estimate of drug-likeness (QED) is 0.774. The lowest BCUT2D eigenvalue weighted by Gasteiger charge is -2.25. The number of nitrogens with one attached hydrogen (secondary N) is 1. The van der Waals surface area contributed by atoms with E-state index in [0.717, 1.165) is 0 Å². The summed E-state index contributed by atoms with van der Waals surface area (Å²) in [6.45, 7) is 2.78. The third kappa shape index (κ3) is 4.45. The molecule has 1 heterocycles. The summed E-state index contributed by atoms with van der Waals surface area (Å²) in [4.78, 5) is 13.3. The second-order valence-electron chi connectivity index (χ2n) is 4.87. The number of nitrogens with zero attached hydrogens (tertiary/aromatic N) is 1. The van der Waals surface area contributed by atoms with Crippen LogP contribution in [0.5, 0.6) is 0 Å². The van der Waals surface area contributed by atoms with Crippen LogP contribution in [-0.4, -0.2) is 64.2 Å². The molecule has 0 aromatic heterocycles. The van der Waals surface area contributed by atoms with E-state index in [1.807, 2.05) is 6.92 Å². The molecule has 0 radical (unpaired) electrons. The van der Waals surface area contributed by atoms with Gasteiger partial charge in [0.1, 0.15) is 0 Å². The maximum atomic E-state index is 11.8. The molecule has 0 bridgehead atoms. The van der Waals surface area contributed by atoms with E-state index in [0.29, 0.717) is 19.6 Å².